The van der Waals surface area contributed by atoms with E-state index in [1.54, 1.807) is 0 Å². The third-order valence-corrected chi connectivity index (χ3v) is 9.38. The number of ether oxygens (including phenoxy) is 2. The Kier molecular flexibility index (Phi) is 5.39. The molecule has 0 aromatic carbocycles. The second-order valence-corrected chi connectivity index (χ2v) is 10.9. The highest BCUT2D eigenvalue weighted by atomic mass is 16.5. The van der Waals surface area contributed by atoms with Gasteiger partial charge in [-0.15, -0.1) is 0 Å². The molecule has 0 bridgehead atoms. The largest absolute Gasteiger partial charge is 0.462 e. The topological polar surface area (TPSA) is 89.9 Å². The van der Waals surface area contributed by atoms with Gasteiger partial charge in [-0.2, -0.15) is 0 Å². The van der Waals surface area contributed by atoms with Crippen molar-refractivity contribution in [2.24, 2.45) is 28.6 Å². The molecule has 0 aromatic rings. The molecule has 4 aliphatic carbocycles. The molecule has 0 aromatic heterocycles. The summed E-state index contributed by atoms with van der Waals surface area (Å²) in [6.45, 7) is 8.68. The van der Waals surface area contributed by atoms with E-state index in [0.717, 1.165) is 38.5 Å². The quantitative estimate of drug-likeness (QED) is 0.540. The Morgan fingerprint density at radius 2 is 1.71 bits per heavy atom. The maximum Gasteiger partial charge on any atom is 0.302 e. The number of carbonyl (C=O) groups is 3. The molecule has 8 atom stereocenters. The number of rotatable bonds is 3. The molecule has 0 unspecified atom stereocenters. The van der Waals surface area contributed by atoms with Gasteiger partial charge < -0.3 is 14.6 Å². The van der Waals surface area contributed by atoms with Crippen LogP contribution in [0, 0.1) is 28.6 Å². The molecule has 3 saturated carbocycles. The molecule has 0 saturated heterocycles. The Morgan fingerprint density at radius 3 is 2.32 bits per heavy atom. The van der Waals surface area contributed by atoms with E-state index in [4.69, 9.17) is 9.47 Å². The van der Waals surface area contributed by atoms with Crippen LogP contribution in [-0.4, -0.2) is 40.6 Å². The molecular formula is C25H36O6. The summed E-state index contributed by atoms with van der Waals surface area (Å²) < 4.78 is 11.3. The van der Waals surface area contributed by atoms with E-state index in [2.05, 4.69) is 13.0 Å². The van der Waals surface area contributed by atoms with Crippen LogP contribution in [0.25, 0.3) is 0 Å². The molecule has 0 heterocycles. The summed E-state index contributed by atoms with van der Waals surface area (Å²) in [5, 5.41) is 11.5. The lowest BCUT2D eigenvalue weighted by Crippen LogP contribution is -2.57. The van der Waals surface area contributed by atoms with Gasteiger partial charge in [0, 0.05) is 38.0 Å². The third-order valence-electron chi connectivity index (χ3n) is 9.38. The summed E-state index contributed by atoms with van der Waals surface area (Å²) in [4.78, 5) is 35.9. The molecule has 4 aliphatic rings. The number of aliphatic hydroxyl groups is 1. The Hall–Kier alpha value is -1.69. The Morgan fingerprint density at radius 1 is 1.03 bits per heavy atom. The molecule has 3 fully saturated rings. The lowest BCUT2D eigenvalue weighted by Gasteiger charge is -2.59. The Balaban J connectivity index is 1.69. The molecule has 0 amide bonds. The van der Waals surface area contributed by atoms with Gasteiger partial charge in [-0.3, -0.25) is 14.4 Å². The number of esters is 2. The van der Waals surface area contributed by atoms with Gasteiger partial charge in [0.15, 0.2) is 5.78 Å². The lowest BCUT2D eigenvalue weighted by molar-refractivity contribution is -0.164. The average Bonchev–Trinajstić information content (AvgIpc) is 2.89. The highest BCUT2D eigenvalue weighted by molar-refractivity contribution is 5.86. The first-order chi connectivity index (χ1) is 14.4. The van der Waals surface area contributed by atoms with Crippen molar-refractivity contribution >= 4 is 17.7 Å². The summed E-state index contributed by atoms with van der Waals surface area (Å²) in [6, 6.07) is 0. The number of allylic oxidation sites excluding steroid dienone is 1. The van der Waals surface area contributed by atoms with Crippen molar-refractivity contribution in [2.45, 2.75) is 97.4 Å². The van der Waals surface area contributed by atoms with Crippen LogP contribution >= 0.6 is 0 Å². The molecule has 0 spiro atoms. The molecule has 172 valence electrons. The van der Waals surface area contributed by atoms with Crippen molar-refractivity contribution in [3.8, 4) is 0 Å². The third kappa shape index (κ3) is 3.28. The van der Waals surface area contributed by atoms with Crippen molar-refractivity contribution in [2.75, 3.05) is 0 Å². The van der Waals surface area contributed by atoms with Gasteiger partial charge >= 0.3 is 11.9 Å². The van der Waals surface area contributed by atoms with E-state index in [-0.39, 0.29) is 47.5 Å². The number of hydrogen-bond donors (Lipinski definition) is 1. The zero-order valence-corrected chi connectivity index (χ0v) is 19.4. The number of Topliss-reactive ketones (excluding diaryl/α,β-unsaturated/α-hetero) is 1. The predicted octanol–water partition coefficient (Wildman–Crippen LogP) is 3.74. The van der Waals surface area contributed by atoms with Gasteiger partial charge in [0.2, 0.25) is 0 Å². The van der Waals surface area contributed by atoms with Crippen LogP contribution in [0.5, 0.6) is 0 Å². The maximum absolute atomic E-state index is 12.6. The van der Waals surface area contributed by atoms with Crippen LogP contribution < -0.4 is 0 Å². The van der Waals surface area contributed by atoms with Crippen LogP contribution in [-0.2, 0) is 23.9 Å². The standard InChI is InChI=1S/C25H36O6/c1-14(26)25(29)13-21(31-16(3)28)22-19-7-6-17-12-18(30-15(2)27)8-10-23(17,4)20(19)9-11-24(22,25)5/h6,18-22,29H,7-13H2,1-5H3/t18-,19+,20-,21+,22+,23-,24-,25-/m0/s1. The molecule has 0 radical (unpaired) electrons. The zero-order valence-electron chi connectivity index (χ0n) is 19.4. The number of fused-ring (bicyclic) bond motifs is 5. The summed E-state index contributed by atoms with van der Waals surface area (Å²) in [6.07, 6.45) is 7.10. The van der Waals surface area contributed by atoms with Crippen LogP contribution in [0.4, 0.5) is 0 Å². The molecular weight excluding hydrogens is 396 g/mol. The van der Waals surface area contributed by atoms with Gasteiger partial charge in [0.05, 0.1) is 0 Å². The SMILES string of the molecule is CC(=O)O[C@H]1CC[C@@]2(C)C(=CC[C@H]3[C@@H]4[C@H](OC(C)=O)C[C@](O)(C(C)=O)[C@@]4(C)CC[C@@H]32)C1. The van der Waals surface area contributed by atoms with Crippen molar-refractivity contribution in [3.05, 3.63) is 11.6 Å². The van der Waals surface area contributed by atoms with E-state index >= 15 is 0 Å². The van der Waals surface area contributed by atoms with Gasteiger partial charge in [-0.25, -0.2) is 0 Å². The van der Waals surface area contributed by atoms with Crippen LogP contribution in [0.15, 0.2) is 11.6 Å². The fourth-order valence-electron chi connectivity index (χ4n) is 7.91. The van der Waals surface area contributed by atoms with Crippen molar-refractivity contribution < 1.29 is 29.0 Å². The predicted molar refractivity (Wildman–Crippen MR) is 114 cm³/mol. The fourth-order valence-corrected chi connectivity index (χ4v) is 7.91. The number of carbonyl (C=O) groups excluding carboxylic acids is 3. The Labute approximate surface area is 184 Å². The summed E-state index contributed by atoms with van der Waals surface area (Å²) in [5.74, 6) is -0.220. The minimum Gasteiger partial charge on any atom is -0.462 e. The monoisotopic (exact) mass is 432 g/mol. The van der Waals surface area contributed by atoms with Crippen LogP contribution in [0.2, 0.25) is 0 Å². The summed E-state index contributed by atoms with van der Waals surface area (Å²) in [5.41, 5.74) is -0.672. The minimum atomic E-state index is -1.46. The van der Waals surface area contributed by atoms with Crippen LogP contribution in [0.1, 0.15) is 79.6 Å². The molecule has 6 nitrogen and oxygen atoms in total. The second-order valence-electron chi connectivity index (χ2n) is 10.9. The molecule has 1 N–H and O–H groups in total. The minimum absolute atomic E-state index is 0.0125. The van der Waals surface area contributed by atoms with Gasteiger partial charge in [-0.05, 0) is 56.3 Å². The zero-order chi connectivity index (χ0) is 22.8. The fraction of sp³-hybridized carbons (Fsp3) is 0.800. The van der Waals surface area contributed by atoms with Crippen molar-refractivity contribution in [3.63, 3.8) is 0 Å². The average molecular weight is 433 g/mol. The first-order valence-corrected chi connectivity index (χ1v) is 11.7. The van der Waals surface area contributed by atoms with E-state index < -0.39 is 17.1 Å². The molecule has 0 aliphatic heterocycles. The summed E-state index contributed by atoms with van der Waals surface area (Å²) >= 11 is 0. The smallest absolute Gasteiger partial charge is 0.302 e. The first kappa shape index (κ1) is 22.5. The van der Waals surface area contributed by atoms with Gasteiger partial charge in [-0.1, -0.05) is 25.5 Å². The van der Waals surface area contributed by atoms with E-state index in [9.17, 15) is 19.5 Å². The summed E-state index contributed by atoms with van der Waals surface area (Å²) in [7, 11) is 0. The highest BCUT2D eigenvalue weighted by Gasteiger charge is 2.69. The number of ketones is 1. The lowest BCUT2D eigenvalue weighted by atomic mass is 9.46. The van der Waals surface area contributed by atoms with E-state index in [1.807, 2.05) is 6.92 Å². The van der Waals surface area contributed by atoms with E-state index in [0.29, 0.717) is 5.92 Å². The molecule has 31 heavy (non-hydrogen) atoms. The first-order valence-electron chi connectivity index (χ1n) is 11.7. The normalized spacial score (nSPS) is 46.1. The highest BCUT2D eigenvalue weighted by Crippen LogP contribution is 2.67. The molecule has 4 rings (SSSR count). The second kappa shape index (κ2) is 7.43. The molecule has 6 heteroatoms. The van der Waals surface area contributed by atoms with Gasteiger partial charge in [0.25, 0.3) is 0 Å². The Bertz CT molecular complexity index is 832. The van der Waals surface area contributed by atoms with Gasteiger partial charge in [0.1, 0.15) is 17.8 Å². The van der Waals surface area contributed by atoms with E-state index in [1.165, 1.54) is 26.3 Å². The van der Waals surface area contributed by atoms with Crippen LogP contribution in [0.3, 0.4) is 0 Å². The maximum atomic E-state index is 12.6. The van der Waals surface area contributed by atoms with Crippen molar-refractivity contribution in [1.82, 2.24) is 0 Å². The van der Waals surface area contributed by atoms with Crippen molar-refractivity contribution in [1.29, 1.82) is 0 Å². The number of hydrogen-bond acceptors (Lipinski definition) is 6.